The van der Waals surface area contributed by atoms with Crippen LogP contribution in [0.1, 0.15) is 36.3 Å². The summed E-state index contributed by atoms with van der Waals surface area (Å²) in [4.78, 5) is 24.2. The average molecular weight is 303 g/mol. The molecule has 1 heterocycles. The van der Waals surface area contributed by atoms with Crippen LogP contribution in [0.3, 0.4) is 0 Å². The van der Waals surface area contributed by atoms with Gasteiger partial charge in [0, 0.05) is 5.39 Å². The highest BCUT2D eigenvalue weighted by Crippen LogP contribution is 2.18. The van der Waals surface area contributed by atoms with Gasteiger partial charge in [0.2, 0.25) is 0 Å². The smallest absolute Gasteiger partial charge is 0.328 e. The molecule has 118 valence electrons. The van der Waals surface area contributed by atoms with Crippen LogP contribution in [0.15, 0.2) is 18.2 Å². The number of hydrogen-bond acceptors (Lipinski definition) is 4. The lowest BCUT2D eigenvalue weighted by Gasteiger charge is -2.17. The number of fused-ring (bicyclic) bond motifs is 1. The van der Waals surface area contributed by atoms with E-state index < -0.39 is 12.0 Å². The van der Waals surface area contributed by atoms with Gasteiger partial charge in [0.15, 0.2) is 5.69 Å². The van der Waals surface area contributed by atoms with Gasteiger partial charge >= 0.3 is 5.97 Å². The Morgan fingerprint density at radius 2 is 2.09 bits per heavy atom. The van der Waals surface area contributed by atoms with Gasteiger partial charge in [0.25, 0.3) is 5.91 Å². The predicted octanol–water partition coefficient (Wildman–Crippen LogP) is 2.19. The first kappa shape index (κ1) is 16.0. The number of aryl methyl sites for hydroxylation is 1. The second-order valence-corrected chi connectivity index (χ2v) is 5.80. The molecule has 0 aliphatic carbocycles. The van der Waals surface area contributed by atoms with Gasteiger partial charge in [-0.1, -0.05) is 25.5 Å². The molecule has 1 atom stereocenters. The van der Waals surface area contributed by atoms with Gasteiger partial charge < -0.3 is 10.1 Å². The fourth-order valence-corrected chi connectivity index (χ4v) is 2.36. The molecule has 0 aliphatic rings. The Balaban J connectivity index is 2.25. The minimum Gasteiger partial charge on any atom is -0.467 e. The van der Waals surface area contributed by atoms with E-state index in [4.69, 9.17) is 4.74 Å². The van der Waals surface area contributed by atoms with Crippen molar-refractivity contribution in [2.24, 2.45) is 5.92 Å². The maximum Gasteiger partial charge on any atom is 0.328 e. The van der Waals surface area contributed by atoms with Crippen LogP contribution < -0.4 is 5.32 Å². The molecular weight excluding hydrogens is 282 g/mol. The van der Waals surface area contributed by atoms with E-state index in [0.29, 0.717) is 6.42 Å². The molecule has 6 heteroatoms. The summed E-state index contributed by atoms with van der Waals surface area (Å²) < 4.78 is 4.76. The van der Waals surface area contributed by atoms with Crippen molar-refractivity contribution in [3.05, 3.63) is 29.5 Å². The number of H-pyrrole nitrogens is 1. The zero-order valence-electron chi connectivity index (χ0n) is 13.3. The number of nitrogens with one attached hydrogen (secondary N) is 2. The van der Waals surface area contributed by atoms with Crippen LogP contribution in [0.2, 0.25) is 0 Å². The Labute approximate surface area is 129 Å². The fraction of sp³-hybridized carbons (Fsp3) is 0.438. The highest BCUT2D eigenvalue weighted by Gasteiger charge is 2.25. The molecule has 0 spiro atoms. The second-order valence-electron chi connectivity index (χ2n) is 5.80. The molecule has 2 aromatic rings. The number of methoxy groups -OCH3 is 1. The number of carbonyl (C=O) groups excluding carboxylic acids is 2. The Morgan fingerprint density at radius 3 is 2.73 bits per heavy atom. The number of nitrogens with zero attached hydrogens (tertiary/aromatic N) is 1. The van der Waals surface area contributed by atoms with Gasteiger partial charge in [-0.15, -0.1) is 0 Å². The molecule has 6 nitrogen and oxygen atoms in total. The van der Waals surface area contributed by atoms with E-state index in [1.807, 2.05) is 39.0 Å². The number of aromatic nitrogens is 2. The van der Waals surface area contributed by atoms with Gasteiger partial charge in [-0.05, 0) is 31.4 Å². The first-order chi connectivity index (χ1) is 10.4. The van der Waals surface area contributed by atoms with E-state index in [1.54, 1.807) is 0 Å². The Hall–Kier alpha value is -2.37. The molecule has 1 aromatic carbocycles. The predicted molar refractivity (Wildman–Crippen MR) is 83.6 cm³/mol. The largest absolute Gasteiger partial charge is 0.467 e. The van der Waals surface area contributed by atoms with Crippen molar-refractivity contribution < 1.29 is 14.3 Å². The maximum absolute atomic E-state index is 12.4. The molecule has 22 heavy (non-hydrogen) atoms. The van der Waals surface area contributed by atoms with E-state index in [0.717, 1.165) is 16.5 Å². The summed E-state index contributed by atoms with van der Waals surface area (Å²) >= 11 is 0. The molecule has 1 unspecified atom stereocenters. The number of hydrogen-bond donors (Lipinski definition) is 2. The molecule has 0 aliphatic heterocycles. The topological polar surface area (TPSA) is 84.1 Å². The fourth-order valence-electron chi connectivity index (χ4n) is 2.36. The van der Waals surface area contributed by atoms with Crippen LogP contribution in [0.4, 0.5) is 0 Å². The summed E-state index contributed by atoms with van der Waals surface area (Å²) in [6.07, 6.45) is 0.514. The van der Waals surface area contributed by atoms with Gasteiger partial charge in [-0.25, -0.2) is 4.79 Å². The number of rotatable bonds is 5. The Kier molecular flexibility index (Phi) is 4.80. The van der Waals surface area contributed by atoms with Crippen LogP contribution in [0.25, 0.3) is 10.9 Å². The summed E-state index contributed by atoms with van der Waals surface area (Å²) in [7, 11) is 1.31. The quantitative estimate of drug-likeness (QED) is 0.829. The number of amides is 1. The van der Waals surface area contributed by atoms with Crippen molar-refractivity contribution >= 4 is 22.8 Å². The first-order valence-electron chi connectivity index (χ1n) is 7.25. The first-order valence-corrected chi connectivity index (χ1v) is 7.25. The van der Waals surface area contributed by atoms with E-state index >= 15 is 0 Å². The van der Waals surface area contributed by atoms with Crippen molar-refractivity contribution in [3.63, 3.8) is 0 Å². The molecule has 2 N–H and O–H groups in total. The average Bonchev–Trinajstić information content (AvgIpc) is 2.88. The lowest BCUT2D eigenvalue weighted by Crippen LogP contribution is -2.42. The highest BCUT2D eigenvalue weighted by atomic mass is 16.5. The Morgan fingerprint density at radius 1 is 1.36 bits per heavy atom. The third kappa shape index (κ3) is 3.44. The van der Waals surface area contributed by atoms with Gasteiger partial charge in [-0.2, -0.15) is 5.10 Å². The molecule has 1 amide bonds. The van der Waals surface area contributed by atoms with Crippen molar-refractivity contribution in [2.45, 2.75) is 33.2 Å². The molecule has 1 aromatic heterocycles. The number of ether oxygens (including phenoxy) is 1. The summed E-state index contributed by atoms with van der Waals surface area (Å²) in [6, 6.07) is 5.04. The van der Waals surface area contributed by atoms with Crippen LogP contribution in [-0.2, 0) is 9.53 Å². The molecule has 0 saturated heterocycles. The third-order valence-electron chi connectivity index (χ3n) is 3.43. The lowest BCUT2D eigenvalue weighted by atomic mass is 10.0. The van der Waals surface area contributed by atoms with Crippen LogP contribution >= 0.6 is 0 Å². The second kappa shape index (κ2) is 6.60. The van der Waals surface area contributed by atoms with E-state index in [1.165, 1.54) is 7.11 Å². The van der Waals surface area contributed by atoms with Gasteiger partial charge in [0.05, 0.1) is 12.6 Å². The molecule has 2 rings (SSSR count). The van der Waals surface area contributed by atoms with Gasteiger partial charge in [-0.3, -0.25) is 9.89 Å². The third-order valence-corrected chi connectivity index (χ3v) is 3.43. The molecular formula is C16H21N3O3. The van der Waals surface area contributed by atoms with Crippen molar-refractivity contribution in [3.8, 4) is 0 Å². The van der Waals surface area contributed by atoms with Crippen LogP contribution in [-0.4, -0.2) is 35.2 Å². The van der Waals surface area contributed by atoms with E-state index in [-0.39, 0.29) is 17.5 Å². The minimum atomic E-state index is -0.672. The maximum atomic E-state index is 12.4. The zero-order chi connectivity index (χ0) is 16.3. The standard InChI is InChI=1S/C16H21N3O3/c1-9(2)7-13(16(21)22-4)17-15(20)14-11-8-10(3)5-6-12(11)18-19-14/h5-6,8-9,13H,7H2,1-4H3,(H,17,20)(H,18,19). The monoisotopic (exact) mass is 303 g/mol. The molecule has 0 radical (unpaired) electrons. The van der Waals surface area contributed by atoms with E-state index in [2.05, 4.69) is 15.5 Å². The van der Waals surface area contributed by atoms with Crippen molar-refractivity contribution in [2.75, 3.05) is 7.11 Å². The lowest BCUT2D eigenvalue weighted by molar-refractivity contribution is -0.143. The summed E-state index contributed by atoms with van der Waals surface area (Å²) in [5, 5.41) is 10.3. The summed E-state index contributed by atoms with van der Waals surface area (Å²) in [6.45, 7) is 5.91. The van der Waals surface area contributed by atoms with Crippen LogP contribution in [0, 0.1) is 12.8 Å². The zero-order valence-corrected chi connectivity index (χ0v) is 13.3. The van der Waals surface area contributed by atoms with E-state index in [9.17, 15) is 9.59 Å². The minimum absolute atomic E-state index is 0.252. The van der Waals surface area contributed by atoms with Gasteiger partial charge in [0.1, 0.15) is 6.04 Å². The summed E-state index contributed by atoms with van der Waals surface area (Å²) in [5.41, 5.74) is 2.11. The number of esters is 1. The molecule has 0 saturated carbocycles. The number of benzene rings is 1. The molecule has 0 bridgehead atoms. The molecule has 0 fully saturated rings. The van der Waals surface area contributed by atoms with Crippen LogP contribution in [0.5, 0.6) is 0 Å². The summed E-state index contributed by atoms with van der Waals surface area (Å²) in [5.74, 6) is -0.575. The SMILES string of the molecule is COC(=O)C(CC(C)C)NC(=O)c1n[nH]c2ccc(C)cc12. The van der Waals surface area contributed by atoms with Crippen molar-refractivity contribution in [1.29, 1.82) is 0 Å². The normalized spacial score (nSPS) is 12.4. The Bertz CT molecular complexity index is 691. The highest BCUT2D eigenvalue weighted by molar-refractivity contribution is 6.05. The van der Waals surface area contributed by atoms with Crippen molar-refractivity contribution in [1.82, 2.24) is 15.5 Å². The number of aromatic amines is 1. The number of carbonyl (C=O) groups is 2.